The highest BCUT2D eigenvalue weighted by molar-refractivity contribution is 5.40. The predicted molar refractivity (Wildman–Crippen MR) is 87.8 cm³/mol. The van der Waals surface area contributed by atoms with Gasteiger partial charge >= 0.3 is 0 Å². The number of unbranched alkanes of at least 4 members (excludes halogenated alkanes) is 1. The van der Waals surface area contributed by atoms with Crippen molar-refractivity contribution in [3.05, 3.63) is 23.9 Å². The topological polar surface area (TPSA) is 31.4 Å². The SMILES string of the molecule is CCCCN1CCC[C@@H]1c1ccc(N2CCNCC2)nc1. The molecule has 1 aromatic heterocycles. The van der Waals surface area contributed by atoms with Gasteiger partial charge in [0.15, 0.2) is 0 Å². The summed E-state index contributed by atoms with van der Waals surface area (Å²) in [5, 5.41) is 3.39. The predicted octanol–water partition coefficient (Wildman–Crippen LogP) is 2.43. The molecule has 0 radical (unpaired) electrons. The number of nitrogens with zero attached hydrogens (tertiary/aromatic N) is 3. The molecule has 4 heteroatoms. The Morgan fingerprint density at radius 3 is 2.81 bits per heavy atom. The van der Waals surface area contributed by atoms with E-state index in [9.17, 15) is 0 Å². The largest absolute Gasteiger partial charge is 0.354 e. The molecule has 1 N–H and O–H groups in total. The first-order valence-corrected chi connectivity index (χ1v) is 8.54. The Balaban J connectivity index is 1.65. The first-order valence-electron chi connectivity index (χ1n) is 8.54. The van der Waals surface area contributed by atoms with Crippen LogP contribution in [0.2, 0.25) is 0 Å². The number of hydrogen-bond donors (Lipinski definition) is 1. The minimum Gasteiger partial charge on any atom is -0.354 e. The van der Waals surface area contributed by atoms with Gasteiger partial charge in [0, 0.05) is 38.4 Å². The molecule has 3 rings (SSSR count). The molecule has 0 aliphatic carbocycles. The minimum atomic E-state index is 0.598. The molecule has 0 amide bonds. The second-order valence-corrected chi connectivity index (χ2v) is 6.23. The van der Waals surface area contributed by atoms with Gasteiger partial charge in [-0.1, -0.05) is 19.4 Å². The van der Waals surface area contributed by atoms with Gasteiger partial charge in [0.25, 0.3) is 0 Å². The van der Waals surface area contributed by atoms with Crippen LogP contribution >= 0.6 is 0 Å². The lowest BCUT2D eigenvalue weighted by Crippen LogP contribution is -2.43. The number of hydrogen-bond acceptors (Lipinski definition) is 4. The molecule has 1 aromatic rings. The fraction of sp³-hybridized carbons (Fsp3) is 0.706. The van der Waals surface area contributed by atoms with Crippen LogP contribution in [0.5, 0.6) is 0 Å². The first kappa shape index (κ1) is 14.8. The van der Waals surface area contributed by atoms with Gasteiger partial charge in [-0.3, -0.25) is 4.90 Å². The third-order valence-electron chi connectivity index (χ3n) is 4.76. The number of rotatable bonds is 5. The van der Waals surface area contributed by atoms with E-state index in [4.69, 9.17) is 4.98 Å². The quantitative estimate of drug-likeness (QED) is 0.902. The monoisotopic (exact) mass is 288 g/mol. The van der Waals surface area contributed by atoms with E-state index in [-0.39, 0.29) is 0 Å². The molecular weight excluding hydrogens is 260 g/mol. The molecule has 0 saturated carbocycles. The molecule has 2 fully saturated rings. The Morgan fingerprint density at radius 1 is 1.24 bits per heavy atom. The zero-order valence-corrected chi connectivity index (χ0v) is 13.2. The molecule has 2 saturated heterocycles. The Kier molecular flexibility index (Phi) is 5.09. The molecule has 3 heterocycles. The summed E-state index contributed by atoms with van der Waals surface area (Å²) >= 11 is 0. The van der Waals surface area contributed by atoms with Crippen LogP contribution in [-0.2, 0) is 0 Å². The van der Waals surface area contributed by atoms with E-state index >= 15 is 0 Å². The van der Waals surface area contributed by atoms with Crippen LogP contribution in [0.25, 0.3) is 0 Å². The van der Waals surface area contributed by atoms with Crippen LogP contribution in [-0.4, -0.2) is 49.2 Å². The summed E-state index contributed by atoms with van der Waals surface area (Å²) in [6.07, 6.45) is 7.32. The van der Waals surface area contributed by atoms with Crippen molar-refractivity contribution in [1.29, 1.82) is 0 Å². The van der Waals surface area contributed by atoms with Crippen LogP contribution in [0.4, 0.5) is 5.82 Å². The average molecular weight is 288 g/mol. The van der Waals surface area contributed by atoms with Crippen LogP contribution in [0.1, 0.15) is 44.2 Å². The summed E-state index contributed by atoms with van der Waals surface area (Å²) in [5.74, 6) is 1.14. The van der Waals surface area contributed by atoms with E-state index < -0.39 is 0 Å². The number of piperazine rings is 1. The number of likely N-dealkylation sites (tertiary alicyclic amines) is 1. The summed E-state index contributed by atoms with van der Waals surface area (Å²) in [5.41, 5.74) is 1.41. The lowest BCUT2D eigenvalue weighted by atomic mass is 10.1. The van der Waals surface area contributed by atoms with Gasteiger partial charge < -0.3 is 10.2 Å². The molecule has 116 valence electrons. The second-order valence-electron chi connectivity index (χ2n) is 6.23. The minimum absolute atomic E-state index is 0.598. The molecule has 1 atom stereocenters. The van der Waals surface area contributed by atoms with E-state index in [0.29, 0.717) is 6.04 Å². The standard InChI is InChI=1S/C17H28N4/c1-2-3-10-20-11-4-5-16(20)15-6-7-17(19-14-15)21-12-8-18-9-13-21/h6-7,14,16,18H,2-5,8-13H2,1H3/t16-/m1/s1. The summed E-state index contributed by atoms with van der Waals surface area (Å²) < 4.78 is 0. The van der Waals surface area contributed by atoms with Gasteiger partial charge in [-0.25, -0.2) is 4.98 Å². The molecule has 0 aromatic carbocycles. The molecule has 2 aliphatic heterocycles. The van der Waals surface area contributed by atoms with Gasteiger partial charge in [0.1, 0.15) is 5.82 Å². The second kappa shape index (κ2) is 7.23. The van der Waals surface area contributed by atoms with E-state index in [1.165, 1.54) is 44.3 Å². The summed E-state index contributed by atoms with van der Waals surface area (Å²) in [6.45, 7) is 9.03. The van der Waals surface area contributed by atoms with Gasteiger partial charge in [-0.2, -0.15) is 0 Å². The molecule has 4 nitrogen and oxygen atoms in total. The highest BCUT2D eigenvalue weighted by Crippen LogP contribution is 2.32. The smallest absolute Gasteiger partial charge is 0.128 e. The van der Waals surface area contributed by atoms with Crippen LogP contribution in [0, 0.1) is 0 Å². The number of anilines is 1. The number of nitrogens with one attached hydrogen (secondary N) is 1. The third-order valence-corrected chi connectivity index (χ3v) is 4.76. The summed E-state index contributed by atoms with van der Waals surface area (Å²) in [4.78, 5) is 9.76. The zero-order valence-electron chi connectivity index (χ0n) is 13.2. The van der Waals surface area contributed by atoms with Gasteiger partial charge in [0.05, 0.1) is 0 Å². The first-order chi connectivity index (χ1) is 10.4. The normalized spacial score (nSPS) is 23.7. The fourth-order valence-corrected chi connectivity index (χ4v) is 3.51. The average Bonchev–Trinajstić information content (AvgIpc) is 3.02. The van der Waals surface area contributed by atoms with Crippen molar-refractivity contribution in [3.63, 3.8) is 0 Å². The van der Waals surface area contributed by atoms with Crippen molar-refractivity contribution in [1.82, 2.24) is 15.2 Å². The molecular formula is C17H28N4. The Bertz CT molecular complexity index is 425. The van der Waals surface area contributed by atoms with Crippen molar-refractivity contribution in [3.8, 4) is 0 Å². The van der Waals surface area contributed by atoms with E-state index in [2.05, 4.69) is 40.4 Å². The molecule has 2 aliphatic rings. The lowest BCUT2D eigenvalue weighted by molar-refractivity contribution is 0.253. The van der Waals surface area contributed by atoms with Crippen molar-refractivity contribution in [2.75, 3.05) is 44.2 Å². The lowest BCUT2D eigenvalue weighted by Gasteiger charge is -2.29. The summed E-state index contributed by atoms with van der Waals surface area (Å²) in [6, 6.07) is 5.12. The third kappa shape index (κ3) is 3.55. The number of aromatic nitrogens is 1. The fourth-order valence-electron chi connectivity index (χ4n) is 3.51. The Hall–Kier alpha value is -1.13. The van der Waals surface area contributed by atoms with Crippen LogP contribution in [0.15, 0.2) is 18.3 Å². The van der Waals surface area contributed by atoms with Crippen molar-refractivity contribution in [2.24, 2.45) is 0 Å². The van der Waals surface area contributed by atoms with Gasteiger partial charge in [-0.05, 0) is 44.0 Å². The maximum Gasteiger partial charge on any atom is 0.128 e. The van der Waals surface area contributed by atoms with E-state index in [0.717, 1.165) is 32.0 Å². The highest BCUT2D eigenvalue weighted by atomic mass is 15.2. The maximum atomic E-state index is 4.73. The van der Waals surface area contributed by atoms with Gasteiger partial charge in [0.2, 0.25) is 0 Å². The van der Waals surface area contributed by atoms with Gasteiger partial charge in [-0.15, -0.1) is 0 Å². The number of pyridine rings is 1. The van der Waals surface area contributed by atoms with E-state index in [1.807, 2.05) is 0 Å². The molecule has 0 spiro atoms. The molecule has 0 bridgehead atoms. The van der Waals surface area contributed by atoms with Crippen LogP contribution < -0.4 is 10.2 Å². The zero-order chi connectivity index (χ0) is 14.5. The van der Waals surface area contributed by atoms with Crippen LogP contribution in [0.3, 0.4) is 0 Å². The Morgan fingerprint density at radius 2 is 2.10 bits per heavy atom. The van der Waals surface area contributed by atoms with E-state index in [1.54, 1.807) is 0 Å². The highest BCUT2D eigenvalue weighted by Gasteiger charge is 2.25. The Labute approximate surface area is 128 Å². The molecule has 21 heavy (non-hydrogen) atoms. The van der Waals surface area contributed by atoms with Crippen molar-refractivity contribution >= 4 is 5.82 Å². The summed E-state index contributed by atoms with van der Waals surface area (Å²) in [7, 11) is 0. The van der Waals surface area contributed by atoms with Crippen molar-refractivity contribution in [2.45, 2.75) is 38.6 Å². The van der Waals surface area contributed by atoms with Crippen molar-refractivity contribution < 1.29 is 0 Å². The molecule has 0 unspecified atom stereocenters. The maximum absolute atomic E-state index is 4.73.